The Labute approximate surface area is 123 Å². The van der Waals surface area contributed by atoms with E-state index in [0.29, 0.717) is 12.0 Å². The molecule has 2 aromatic carbocycles. The van der Waals surface area contributed by atoms with Crippen molar-refractivity contribution in [2.45, 2.75) is 12.3 Å². The fourth-order valence-electron chi connectivity index (χ4n) is 2.95. The molecule has 0 amide bonds. The summed E-state index contributed by atoms with van der Waals surface area (Å²) in [6, 6.07) is 18.6. The highest BCUT2D eigenvalue weighted by Crippen LogP contribution is 2.61. The standard InChI is InChI=1S/C18H16O3/c1-21-17(20)18(16(19)14-10-6-3-7-11-14)12-15(18)13-8-4-2-5-9-13/h2-11,15H,12H2,1H3/t15-,18-/m1/s1. The predicted molar refractivity (Wildman–Crippen MR) is 79.0 cm³/mol. The Morgan fingerprint density at radius 2 is 1.57 bits per heavy atom. The second-order valence-electron chi connectivity index (χ2n) is 5.33. The van der Waals surface area contributed by atoms with Crippen LogP contribution in [0.1, 0.15) is 28.3 Å². The number of methoxy groups -OCH3 is 1. The molecule has 0 bridgehead atoms. The third-order valence-electron chi connectivity index (χ3n) is 4.15. The SMILES string of the molecule is COC(=O)[C@]1(C(=O)c2ccccc2)C[C@@H]1c1ccccc1. The molecule has 1 aliphatic carbocycles. The van der Waals surface area contributed by atoms with Gasteiger partial charge in [0.25, 0.3) is 0 Å². The van der Waals surface area contributed by atoms with Crippen LogP contribution in [0.25, 0.3) is 0 Å². The van der Waals surface area contributed by atoms with Gasteiger partial charge >= 0.3 is 5.97 Å². The summed E-state index contributed by atoms with van der Waals surface area (Å²) in [6.07, 6.45) is 0.511. The van der Waals surface area contributed by atoms with Crippen molar-refractivity contribution >= 4 is 11.8 Å². The second-order valence-corrected chi connectivity index (χ2v) is 5.33. The van der Waals surface area contributed by atoms with Gasteiger partial charge in [-0.25, -0.2) is 0 Å². The highest BCUT2D eigenvalue weighted by Gasteiger charge is 2.66. The fraction of sp³-hybridized carbons (Fsp3) is 0.222. The maximum Gasteiger partial charge on any atom is 0.320 e. The van der Waals surface area contributed by atoms with E-state index in [-0.39, 0.29) is 11.7 Å². The van der Waals surface area contributed by atoms with E-state index in [9.17, 15) is 9.59 Å². The number of benzene rings is 2. The Balaban J connectivity index is 1.98. The Hall–Kier alpha value is -2.42. The molecule has 0 unspecified atom stereocenters. The molecule has 1 saturated carbocycles. The molecule has 3 heteroatoms. The van der Waals surface area contributed by atoms with Crippen LogP contribution in [0.5, 0.6) is 0 Å². The largest absolute Gasteiger partial charge is 0.468 e. The number of rotatable bonds is 4. The van der Waals surface area contributed by atoms with Gasteiger partial charge in [0.1, 0.15) is 5.41 Å². The lowest BCUT2D eigenvalue weighted by atomic mass is 9.90. The molecular formula is C18H16O3. The van der Waals surface area contributed by atoms with Gasteiger partial charge in [-0.3, -0.25) is 9.59 Å². The van der Waals surface area contributed by atoms with E-state index in [1.54, 1.807) is 24.3 Å². The van der Waals surface area contributed by atoms with Gasteiger partial charge in [-0.2, -0.15) is 0 Å². The minimum Gasteiger partial charge on any atom is -0.468 e. The molecule has 0 heterocycles. The van der Waals surface area contributed by atoms with Crippen LogP contribution in [0.3, 0.4) is 0 Å². The minimum atomic E-state index is -1.06. The summed E-state index contributed by atoms with van der Waals surface area (Å²) in [7, 11) is 1.34. The molecule has 21 heavy (non-hydrogen) atoms. The third kappa shape index (κ3) is 2.15. The molecule has 3 rings (SSSR count). The number of hydrogen-bond donors (Lipinski definition) is 0. The summed E-state index contributed by atoms with van der Waals surface area (Å²) in [4.78, 5) is 25.1. The maximum absolute atomic E-state index is 12.8. The number of hydrogen-bond acceptors (Lipinski definition) is 3. The first-order valence-corrected chi connectivity index (χ1v) is 6.93. The Kier molecular flexibility index (Phi) is 3.34. The normalized spacial score (nSPS) is 23.4. The molecule has 0 radical (unpaired) electrons. The average Bonchev–Trinajstić information content (AvgIpc) is 3.32. The van der Waals surface area contributed by atoms with Gasteiger partial charge < -0.3 is 4.74 Å². The van der Waals surface area contributed by atoms with Crippen molar-refractivity contribution in [1.82, 2.24) is 0 Å². The van der Waals surface area contributed by atoms with E-state index < -0.39 is 11.4 Å². The number of esters is 1. The lowest BCUT2D eigenvalue weighted by molar-refractivity contribution is -0.145. The smallest absolute Gasteiger partial charge is 0.320 e. The minimum absolute atomic E-state index is 0.0983. The molecule has 1 fully saturated rings. The van der Waals surface area contributed by atoms with Gasteiger partial charge in [0.15, 0.2) is 5.78 Å². The predicted octanol–water partition coefficient (Wildman–Crippen LogP) is 3.22. The third-order valence-corrected chi connectivity index (χ3v) is 4.15. The quantitative estimate of drug-likeness (QED) is 0.490. The van der Waals surface area contributed by atoms with Crippen molar-refractivity contribution in [2.24, 2.45) is 5.41 Å². The molecule has 0 saturated heterocycles. The summed E-state index contributed by atoms with van der Waals surface area (Å²) in [6.45, 7) is 0. The molecular weight excluding hydrogens is 264 g/mol. The number of carbonyl (C=O) groups excluding carboxylic acids is 2. The number of Topliss-reactive ketones (excluding diaryl/α,β-unsaturated/α-hetero) is 1. The maximum atomic E-state index is 12.8. The van der Waals surface area contributed by atoms with Crippen molar-refractivity contribution in [3.63, 3.8) is 0 Å². The van der Waals surface area contributed by atoms with Crippen LogP contribution in [0.4, 0.5) is 0 Å². The molecule has 0 spiro atoms. The van der Waals surface area contributed by atoms with Gasteiger partial charge in [-0.15, -0.1) is 0 Å². The second kappa shape index (κ2) is 5.17. The Morgan fingerprint density at radius 1 is 1.00 bits per heavy atom. The van der Waals surface area contributed by atoms with Crippen molar-refractivity contribution < 1.29 is 14.3 Å². The van der Waals surface area contributed by atoms with E-state index in [0.717, 1.165) is 5.56 Å². The lowest BCUT2D eigenvalue weighted by Gasteiger charge is -2.14. The number of ether oxygens (including phenoxy) is 1. The van der Waals surface area contributed by atoms with Crippen LogP contribution < -0.4 is 0 Å². The van der Waals surface area contributed by atoms with E-state index >= 15 is 0 Å². The first kappa shape index (κ1) is 13.6. The number of carbonyl (C=O) groups is 2. The van der Waals surface area contributed by atoms with Crippen LogP contribution in [0.15, 0.2) is 60.7 Å². The monoisotopic (exact) mass is 280 g/mol. The van der Waals surface area contributed by atoms with Crippen molar-refractivity contribution in [2.75, 3.05) is 7.11 Å². The molecule has 1 aliphatic rings. The van der Waals surface area contributed by atoms with E-state index in [2.05, 4.69) is 0 Å². The van der Waals surface area contributed by atoms with Gasteiger partial charge in [-0.05, 0) is 12.0 Å². The van der Waals surface area contributed by atoms with Crippen LogP contribution in [-0.2, 0) is 9.53 Å². The van der Waals surface area contributed by atoms with Crippen LogP contribution in [-0.4, -0.2) is 18.9 Å². The number of ketones is 1. The van der Waals surface area contributed by atoms with Crippen LogP contribution >= 0.6 is 0 Å². The molecule has 2 atom stereocenters. The van der Waals surface area contributed by atoms with E-state index in [1.807, 2.05) is 36.4 Å². The molecule has 0 aliphatic heterocycles. The van der Waals surface area contributed by atoms with Gasteiger partial charge in [0.05, 0.1) is 7.11 Å². The van der Waals surface area contributed by atoms with E-state index in [1.165, 1.54) is 7.11 Å². The molecule has 2 aromatic rings. The van der Waals surface area contributed by atoms with Gasteiger partial charge in [0, 0.05) is 11.5 Å². The Morgan fingerprint density at radius 3 is 2.14 bits per heavy atom. The summed E-state index contributed by atoms with van der Waals surface area (Å²) < 4.78 is 4.91. The van der Waals surface area contributed by atoms with Gasteiger partial charge in [-0.1, -0.05) is 60.7 Å². The zero-order chi connectivity index (χ0) is 14.9. The zero-order valence-corrected chi connectivity index (χ0v) is 11.8. The van der Waals surface area contributed by atoms with Crippen molar-refractivity contribution in [3.8, 4) is 0 Å². The van der Waals surface area contributed by atoms with Crippen molar-refractivity contribution in [3.05, 3.63) is 71.8 Å². The highest BCUT2D eigenvalue weighted by molar-refractivity contribution is 6.16. The summed E-state index contributed by atoms with van der Waals surface area (Å²) >= 11 is 0. The average molecular weight is 280 g/mol. The lowest BCUT2D eigenvalue weighted by Crippen LogP contribution is -2.29. The molecule has 106 valence electrons. The highest BCUT2D eigenvalue weighted by atomic mass is 16.5. The van der Waals surface area contributed by atoms with Crippen LogP contribution in [0, 0.1) is 5.41 Å². The van der Waals surface area contributed by atoms with Crippen molar-refractivity contribution in [1.29, 1.82) is 0 Å². The van der Waals surface area contributed by atoms with Gasteiger partial charge in [0.2, 0.25) is 0 Å². The first-order valence-electron chi connectivity index (χ1n) is 6.93. The van der Waals surface area contributed by atoms with E-state index in [4.69, 9.17) is 4.74 Å². The molecule has 3 nitrogen and oxygen atoms in total. The Bertz CT molecular complexity index is 663. The molecule has 0 aromatic heterocycles. The topological polar surface area (TPSA) is 43.4 Å². The molecule has 0 N–H and O–H groups in total. The first-order chi connectivity index (χ1) is 10.2. The zero-order valence-electron chi connectivity index (χ0n) is 11.8. The fourth-order valence-corrected chi connectivity index (χ4v) is 2.95. The van der Waals surface area contributed by atoms with Crippen LogP contribution in [0.2, 0.25) is 0 Å². The summed E-state index contributed by atoms with van der Waals surface area (Å²) in [5, 5.41) is 0. The summed E-state index contributed by atoms with van der Waals surface area (Å²) in [5.41, 5.74) is 0.505. The summed E-state index contributed by atoms with van der Waals surface area (Å²) in [5.74, 6) is -0.687.